The van der Waals surface area contributed by atoms with E-state index in [-0.39, 0.29) is 24.7 Å². The lowest BCUT2D eigenvalue weighted by Gasteiger charge is -2.47. The summed E-state index contributed by atoms with van der Waals surface area (Å²) in [5, 5.41) is 16.6. The molecule has 11 nitrogen and oxygen atoms in total. The van der Waals surface area contributed by atoms with Crippen LogP contribution in [-0.2, 0) is 16.1 Å². The highest BCUT2D eigenvalue weighted by Gasteiger charge is 2.52. The van der Waals surface area contributed by atoms with E-state index in [0.29, 0.717) is 30.2 Å². The van der Waals surface area contributed by atoms with E-state index < -0.39 is 35.3 Å². The summed E-state index contributed by atoms with van der Waals surface area (Å²) in [5.41, 5.74) is 1.20. The Bertz CT molecular complexity index is 1570. The van der Waals surface area contributed by atoms with Gasteiger partial charge in [0.25, 0.3) is 11.6 Å². The van der Waals surface area contributed by atoms with Crippen LogP contribution in [0.5, 0.6) is 11.5 Å². The first-order chi connectivity index (χ1) is 22.4. The summed E-state index contributed by atoms with van der Waals surface area (Å²) in [6.07, 6.45) is -1.99. The van der Waals surface area contributed by atoms with Gasteiger partial charge in [-0.25, -0.2) is 4.79 Å². The molecule has 5 rings (SSSR count). The average molecular weight is 625 g/mol. The molecule has 1 aliphatic rings. The monoisotopic (exact) mass is 624 g/mol. The lowest BCUT2D eigenvalue weighted by atomic mass is 9.91. The van der Waals surface area contributed by atoms with Crippen molar-refractivity contribution in [3.63, 3.8) is 0 Å². The first-order valence-electron chi connectivity index (χ1n) is 15.1. The summed E-state index contributed by atoms with van der Waals surface area (Å²) >= 11 is 0. The Morgan fingerprint density at radius 3 is 1.96 bits per heavy atom. The smallest absolute Gasteiger partial charge is 0.319 e. The van der Waals surface area contributed by atoms with E-state index in [1.54, 1.807) is 4.90 Å². The normalized spacial score (nSPS) is 19.2. The Balaban J connectivity index is 1.45. The third-order valence-corrected chi connectivity index (χ3v) is 7.50. The minimum atomic E-state index is -1.01. The number of piperidine rings is 1. The van der Waals surface area contributed by atoms with E-state index in [1.807, 2.05) is 97.9 Å². The van der Waals surface area contributed by atoms with Crippen LogP contribution in [0.2, 0.25) is 0 Å². The van der Waals surface area contributed by atoms with Gasteiger partial charge in [0.05, 0.1) is 17.6 Å². The van der Waals surface area contributed by atoms with Crippen LogP contribution in [0.3, 0.4) is 0 Å². The van der Waals surface area contributed by atoms with Crippen LogP contribution in [0.15, 0.2) is 115 Å². The number of carbonyl (C=O) groups is 2. The molecule has 238 valence electrons. The number of amides is 3. The number of hydrogen-bond donors (Lipinski definition) is 2. The van der Waals surface area contributed by atoms with Crippen molar-refractivity contribution in [3.05, 3.63) is 131 Å². The lowest BCUT2D eigenvalue weighted by molar-refractivity contribution is -0.384. The van der Waals surface area contributed by atoms with Gasteiger partial charge in [0.2, 0.25) is 0 Å². The van der Waals surface area contributed by atoms with Crippen LogP contribution >= 0.6 is 0 Å². The molecule has 4 aromatic rings. The zero-order valence-electron chi connectivity index (χ0n) is 25.4. The molecule has 0 aromatic heterocycles. The van der Waals surface area contributed by atoms with Gasteiger partial charge in [-0.15, -0.1) is 0 Å². The Kier molecular flexibility index (Phi) is 10.8. The van der Waals surface area contributed by atoms with E-state index in [0.717, 1.165) is 5.56 Å². The predicted molar refractivity (Wildman–Crippen MR) is 173 cm³/mol. The molecule has 0 saturated carbocycles. The van der Waals surface area contributed by atoms with Crippen molar-refractivity contribution in [3.8, 4) is 11.5 Å². The van der Waals surface area contributed by atoms with Crippen molar-refractivity contribution >= 4 is 23.3 Å². The van der Waals surface area contributed by atoms with Crippen molar-refractivity contribution in [1.82, 2.24) is 10.2 Å². The molecule has 0 unspecified atom stereocenters. The molecule has 1 saturated heterocycles. The van der Waals surface area contributed by atoms with Crippen molar-refractivity contribution in [1.29, 1.82) is 0 Å². The summed E-state index contributed by atoms with van der Waals surface area (Å²) in [5.74, 6) is 0.845. The topological polar surface area (TPSA) is 132 Å². The number of nitro benzene ring substituents is 1. The highest BCUT2D eigenvalue weighted by Crippen LogP contribution is 2.31. The SMILES string of the molecule is CCCN1C(=O)[C@H](OCc2ccccc2)[C@H](Oc2ccccc2)[C@H](Oc2ccccc2)[C@H]1CNC(=O)Nc1ccc([N+](=O)[O-])cc1. The van der Waals surface area contributed by atoms with E-state index in [9.17, 15) is 19.7 Å². The maximum absolute atomic E-state index is 14.3. The van der Waals surface area contributed by atoms with Crippen LogP contribution in [0.25, 0.3) is 0 Å². The number of likely N-dealkylation sites (tertiary alicyclic amines) is 1. The fourth-order valence-electron chi connectivity index (χ4n) is 5.33. The first kappa shape index (κ1) is 32.0. The summed E-state index contributed by atoms with van der Waals surface area (Å²) in [6, 6.07) is 32.4. The number of anilines is 1. The zero-order valence-corrected chi connectivity index (χ0v) is 25.4. The molecule has 1 heterocycles. The van der Waals surface area contributed by atoms with Gasteiger partial charge in [-0.05, 0) is 48.4 Å². The molecule has 1 fully saturated rings. The van der Waals surface area contributed by atoms with Gasteiger partial charge >= 0.3 is 6.03 Å². The zero-order chi connectivity index (χ0) is 32.3. The van der Waals surface area contributed by atoms with Crippen molar-refractivity contribution in [2.24, 2.45) is 0 Å². The van der Waals surface area contributed by atoms with Gasteiger partial charge in [0.1, 0.15) is 11.5 Å². The summed E-state index contributed by atoms with van der Waals surface area (Å²) < 4.78 is 19.5. The highest BCUT2D eigenvalue weighted by atomic mass is 16.6. The van der Waals surface area contributed by atoms with Crippen LogP contribution < -0.4 is 20.1 Å². The quantitative estimate of drug-likeness (QED) is 0.142. The molecular weight excluding hydrogens is 588 g/mol. The number of carbonyl (C=O) groups excluding carboxylic acids is 2. The second-order valence-corrected chi connectivity index (χ2v) is 10.7. The maximum atomic E-state index is 14.3. The molecule has 0 bridgehead atoms. The second-order valence-electron chi connectivity index (χ2n) is 10.7. The van der Waals surface area contributed by atoms with Crippen LogP contribution in [-0.4, -0.2) is 59.2 Å². The molecular formula is C35H36N4O7. The number of nitrogens with one attached hydrogen (secondary N) is 2. The predicted octanol–water partition coefficient (Wildman–Crippen LogP) is 5.82. The standard InChI is InChI=1S/C35H36N4O7/c1-2-22-38-30(23-36-35(41)37-26-18-20-27(21-19-26)39(42)43)31(45-28-14-8-4-9-15-28)32(46-29-16-10-5-11-17-29)33(34(38)40)44-24-25-12-6-3-7-13-25/h3-21,30-33H,2,22-24H2,1H3,(H2,36,37,41)/t30-,31-,32-,33-/m1/s1. The maximum Gasteiger partial charge on any atom is 0.319 e. The van der Waals surface area contributed by atoms with Gasteiger partial charge in [-0.1, -0.05) is 73.7 Å². The Morgan fingerprint density at radius 2 is 1.39 bits per heavy atom. The first-order valence-corrected chi connectivity index (χ1v) is 15.1. The third-order valence-electron chi connectivity index (χ3n) is 7.50. The molecule has 0 radical (unpaired) electrons. The van der Waals surface area contributed by atoms with Gasteiger partial charge < -0.3 is 29.7 Å². The molecule has 4 atom stereocenters. The van der Waals surface area contributed by atoms with Crippen LogP contribution in [0, 0.1) is 10.1 Å². The van der Waals surface area contributed by atoms with Gasteiger partial charge in [-0.3, -0.25) is 14.9 Å². The molecule has 0 aliphatic carbocycles. The molecule has 2 N–H and O–H groups in total. The number of ether oxygens (including phenoxy) is 3. The van der Waals surface area contributed by atoms with Crippen molar-refractivity contribution in [2.45, 2.75) is 44.3 Å². The fraction of sp³-hybridized carbons (Fsp3) is 0.257. The number of nitrogens with zero attached hydrogens (tertiary/aromatic N) is 2. The average Bonchev–Trinajstić information content (AvgIpc) is 3.08. The van der Waals surface area contributed by atoms with Crippen LogP contribution in [0.1, 0.15) is 18.9 Å². The minimum Gasteiger partial charge on any atom is -0.484 e. The van der Waals surface area contributed by atoms with E-state index in [2.05, 4.69) is 10.6 Å². The lowest BCUT2D eigenvalue weighted by Crippen LogP contribution is -2.70. The summed E-state index contributed by atoms with van der Waals surface area (Å²) in [7, 11) is 0. The van der Waals surface area contributed by atoms with Gasteiger partial charge in [0, 0.05) is 30.9 Å². The molecule has 46 heavy (non-hydrogen) atoms. The van der Waals surface area contributed by atoms with Gasteiger partial charge in [0.15, 0.2) is 18.3 Å². The van der Waals surface area contributed by atoms with Crippen molar-refractivity contribution < 1.29 is 28.7 Å². The minimum absolute atomic E-state index is 0.0299. The second kappa shape index (κ2) is 15.5. The molecule has 0 spiro atoms. The van der Waals surface area contributed by atoms with E-state index >= 15 is 0 Å². The number of non-ortho nitro benzene ring substituents is 1. The van der Waals surface area contributed by atoms with E-state index in [1.165, 1.54) is 24.3 Å². The Morgan fingerprint density at radius 1 is 0.826 bits per heavy atom. The summed E-state index contributed by atoms with van der Waals surface area (Å²) in [6.45, 7) is 2.58. The number of benzene rings is 4. The number of rotatable bonds is 13. The molecule has 4 aromatic carbocycles. The van der Waals surface area contributed by atoms with E-state index in [4.69, 9.17) is 14.2 Å². The summed E-state index contributed by atoms with van der Waals surface area (Å²) in [4.78, 5) is 39.5. The molecule has 11 heteroatoms. The fourth-order valence-corrected chi connectivity index (χ4v) is 5.33. The number of nitro groups is 1. The van der Waals surface area contributed by atoms with Crippen LogP contribution in [0.4, 0.5) is 16.2 Å². The number of urea groups is 1. The number of hydrogen-bond acceptors (Lipinski definition) is 7. The molecule has 3 amide bonds. The third kappa shape index (κ3) is 8.19. The van der Waals surface area contributed by atoms with Gasteiger partial charge in [-0.2, -0.15) is 0 Å². The highest BCUT2D eigenvalue weighted by molar-refractivity contribution is 5.89. The largest absolute Gasteiger partial charge is 0.484 e. The molecule has 1 aliphatic heterocycles. The van der Waals surface area contributed by atoms with Crippen molar-refractivity contribution in [2.75, 3.05) is 18.4 Å². The Labute approximate surface area is 267 Å². The number of para-hydroxylation sites is 2. The Hall–Kier alpha value is -5.42.